The van der Waals surface area contributed by atoms with Crippen molar-refractivity contribution in [1.82, 2.24) is 5.43 Å². The van der Waals surface area contributed by atoms with Gasteiger partial charge in [-0.1, -0.05) is 0 Å². The standard InChI is InChI=1S/C5H11N4O4/c1-4(10)13-3-2-7-5(6)8-9(11)12/h2-3H2,1H3,(H,11,12)(H3,6,7,8)/q+1. The minimum absolute atomic E-state index is 0.0714. The second-order valence-electron chi connectivity index (χ2n) is 1.99. The highest BCUT2D eigenvalue weighted by Gasteiger charge is 2.03. The number of hydrogen-bond donors (Lipinski definition) is 3. The maximum absolute atomic E-state index is 10.3. The van der Waals surface area contributed by atoms with Gasteiger partial charge in [-0.05, 0) is 5.43 Å². The van der Waals surface area contributed by atoms with Gasteiger partial charge in [-0.3, -0.25) is 4.79 Å². The molecule has 0 saturated carbocycles. The molecule has 4 N–H and O–H groups in total. The number of esters is 1. The van der Waals surface area contributed by atoms with E-state index in [4.69, 9.17) is 10.9 Å². The number of hydrogen-bond acceptors (Lipinski definition) is 4. The first kappa shape index (κ1) is 11.1. The lowest BCUT2D eigenvalue weighted by molar-refractivity contribution is -0.822. The zero-order valence-corrected chi connectivity index (χ0v) is 7.06. The molecule has 74 valence electrons. The molecule has 0 amide bonds. The van der Waals surface area contributed by atoms with E-state index in [1.165, 1.54) is 6.92 Å². The molecule has 0 unspecified atom stereocenters. The summed E-state index contributed by atoms with van der Waals surface area (Å²) in [5, 5.41) is 7.51. The third-order valence-electron chi connectivity index (χ3n) is 0.889. The Labute approximate surface area is 73.9 Å². The van der Waals surface area contributed by atoms with Gasteiger partial charge in [0, 0.05) is 6.92 Å². The third kappa shape index (κ3) is 8.04. The predicted octanol–water partition coefficient (Wildman–Crippen LogP) is -1.46. The molecule has 0 heterocycles. The molecule has 13 heavy (non-hydrogen) atoms. The highest BCUT2D eigenvalue weighted by molar-refractivity contribution is 5.76. The number of carbonyl (C=O) groups is 1. The van der Waals surface area contributed by atoms with Crippen LogP contribution in [-0.4, -0.2) is 35.3 Å². The van der Waals surface area contributed by atoms with E-state index < -0.39 is 11.0 Å². The first-order valence-corrected chi connectivity index (χ1v) is 3.38. The Morgan fingerprint density at radius 3 is 2.85 bits per heavy atom. The lowest BCUT2D eigenvalue weighted by Crippen LogP contribution is -2.37. The molecule has 0 fully saturated rings. The summed E-state index contributed by atoms with van der Waals surface area (Å²) >= 11 is 0. The molecule has 0 aromatic heterocycles. The number of nitrogens with one attached hydrogen (secondary N) is 1. The number of rotatable bonds is 4. The van der Waals surface area contributed by atoms with Gasteiger partial charge in [0.05, 0.1) is 6.54 Å². The molecular weight excluding hydrogens is 180 g/mol. The number of ether oxygens (including phenoxy) is 1. The molecule has 0 aliphatic carbocycles. The van der Waals surface area contributed by atoms with E-state index in [-0.39, 0.29) is 19.1 Å². The first-order chi connectivity index (χ1) is 6.02. The van der Waals surface area contributed by atoms with Crippen molar-refractivity contribution in [3.05, 3.63) is 4.91 Å². The van der Waals surface area contributed by atoms with Gasteiger partial charge in [-0.15, -0.1) is 0 Å². The van der Waals surface area contributed by atoms with Crippen LogP contribution in [0.5, 0.6) is 0 Å². The molecular formula is C5H11N4O4+. The zero-order chi connectivity index (χ0) is 10.3. The molecule has 0 rings (SSSR count). The van der Waals surface area contributed by atoms with Crippen LogP contribution in [0.2, 0.25) is 0 Å². The van der Waals surface area contributed by atoms with Crippen molar-refractivity contribution in [2.45, 2.75) is 6.92 Å². The number of aliphatic imine (C=N–C) groups is 1. The summed E-state index contributed by atoms with van der Waals surface area (Å²) in [6.45, 7) is 1.45. The minimum Gasteiger partial charge on any atom is -0.464 e. The second-order valence-corrected chi connectivity index (χ2v) is 1.99. The van der Waals surface area contributed by atoms with Crippen LogP contribution in [0.15, 0.2) is 4.99 Å². The highest BCUT2D eigenvalue weighted by atomic mass is 16.7. The monoisotopic (exact) mass is 191 g/mol. The van der Waals surface area contributed by atoms with Gasteiger partial charge in [-0.2, -0.15) is 0 Å². The van der Waals surface area contributed by atoms with E-state index in [0.717, 1.165) is 0 Å². The maximum atomic E-state index is 10.3. The van der Waals surface area contributed by atoms with Gasteiger partial charge < -0.3 is 10.5 Å². The molecule has 0 aromatic carbocycles. The molecule has 8 heteroatoms. The van der Waals surface area contributed by atoms with Crippen molar-refractivity contribution in [1.29, 1.82) is 0 Å². The summed E-state index contributed by atoms with van der Waals surface area (Å²) in [7, 11) is 0. The average Bonchev–Trinajstić information content (AvgIpc) is 1.96. The van der Waals surface area contributed by atoms with E-state index in [1.807, 2.05) is 0 Å². The lowest BCUT2D eigenvalue weighted by Gasteiger charge is -1.97. The Morgan fingerprint density at radius 1 is 1.77 bits per heavy atom. The molecule has 8 nitrogen and oxygen atoms in total. The van der Waals surface area contributed by atoms with E-state index in [9.17, 15) is 9.70 Å². The van der Waals surface area contributed by atoms with Crippen LogP contribution in [0, 0.1) is 4.91 Å². The fraction of sp³-hybridized carbons (Fsp3) is 0.600. The van der Waals surface area contributed by atoms with Crippen LogP contribution < -0.4 is 11.2 Å². The van der Waals surface area contributed by atoms with Crippen LogP contribution >= 0.6 is 0 Å². The van der Waals surface area contributed by atoms with Crippen LogP contribution in [0.25, 0.3) is 0 Å². The van der Waals surface area contributed by atoms with Gasteiger partial charge in [0.25, 0.3) is 5.96 Å². The van der Waals surface area contributed by atoms with Crippen LogP contribution in [0.4, 0.5) is 0 Å². The Morgan fingerprint density at radius 2 is 2.38 bits per heavy atom. The third-order valence-corrected chi connectivity index (χ3v) is 0.889. The molecule has 0 spiro atoms. The normalized spacial score (nSPS) is 10.7. The lowest BCUT2D eigenvalue weighted by atomic mass is 10.7. The second kappa shape index (κ2) is 5.75. The summed E-state index contributed by atoms with van der Waals surface area (Å²) in [5.41, 5.74) is 6.84. The van der Waals surface area contributed by atoms with Crippen molar-refractivity contribution < 1.29 is 19.8 Å². The number of carbonyl (C=O) groups excluding carboxylic acids is 1. The van der Waals surface area contributed by atoms with Crippen molar-refractivity contribution in [2.24, 2.45) is 10.7 Å². The van der Waals surface area contributed by atoms with Crippen LogP contribution in [-0.2, 0) is 9.53 Å². The Kier molecular flexibility index (Phi) is 4.93. The zero-order valence-electron chi connectivity index (χ0n) is 7.06. The quantitative estimate of drug-likeness (QED) is 0.164. The fourth-order valence-electron chi connectivity index (χ4n) is 0.489. The summed E-state index contributed by atoms with van der Waals surface area (Å²) in [6, 6.07) is 0. The summed E-state index contributed by atoms with van der Waals surface area (Å²) < 4.78 is 4.51. The summed E-state index contributed by atoms with van der Waals surface area (Å²) in [5.74, 6) is -0.681. The van der Waals surface area contributed by atoms with E-state index in [0.29, 0.717) is 0 Å². The topological polar surface area (TPSA) is 117 Å². The fourth-order valence-corrected chi connectivity index (χ4v) is 0.489. The van der Waals surface area contributed by atoms with E-state index in [1.54, 1.807) is 5.43 Å². The van der Waals surface area contributed by atoms with Gasteiger partial charge in [-0.25, -0.2) is 10.2 Å². The molecule has 0 saturated heterocycles. The SMILES string of the molecule is CC(=O)OCCN=C(N)N[N+](=O)O. The highest BCUT2D eigenvalue weighted by Crippen LogP contribution is 1.77. The Balaban J connectivity index is 3.59. The van der Waals surface area contributed by atoms with Gasteiger partial charge in [0.2, 0.25) is 0 Å². The Bertz CT molecular complexity index is 227. The van der Waals surface area contributed by atoms with Crippen molar-refractivity contribution in [3.63, 3.8) is 0 Å². The van der Waals surface area contributed by atoms with Gasteiger partial charge in [0.15, 0.2) is 0 Å². The largest absolute Gasteiger partial charge is 0.464 e. The first-order valence-electron chi connectivity index (χ1n) is 3.38. The van der Waals surface area contributed by atoms with E-state index in [2.05, 4.69) is 9.73 Å². The molecule has 0 bridgehead atoms. The molecule has 0 aliphatic rings. The molecule has 0 aromatic rings. The molecule has 0 radical (unpaired) electrons. The number of guanidine groups is 1. The molecule has 0 aliphatic heterocycles. The van der Waals surface area contributed by atoms with E-state index >= 15 is 0 Å². The van der Waals surface area contributed by atoms with Crippen molar-refractivity contribution >= 4 is 11.9 Å². The number of nitrogens with two attached hydrogens (primary N) is 1. The summed E-state index contributed by atoms with van der Waals surface area (Å²) in [6.07, 6.45) is 0. The Hall–Kier alpha value is -1.86. The van der Waals surface area contributed by atoms with Crippen LogP contribution in [0.1, 0.15) is 6.92 Å². The maximum Gasteiger partial charge on any atom is 0.362 e. The van der Waals surface area contributed by atoms with Gasteiger partial charge >= 0.3 is 11.0 Å². The van der Waals surface area contributed by atoms with Crippen LogP contribution in [0.3, 0.4) is 0 Å². The predicted molar refractivity (Wildman–Crippen MR) is 41.7 cm³/mol. The minimum atomic E-state index is -0.579. The van der Waals surface area contributed by atoms with Gasteiger partial charge in [0.1, 0.15) is 11.5 Å². The number of hydrazine groups is 1. The smallest absolute Gasteiger partial charge is 0.362 e. The van der Waals surface area contributed by atoms with Crippen molar-refractivity contribution in [3.8, 4) is 0 Å². The number of nitrogens with zero attached hydrogens (tertiary/aromatic N) is 2. The average molecular weight is 191 g/mol. The van der Waals surface area contributed by atoms with Crippen molar-refractivity contribution in [2.75, 3.05) is 13.2 Å². The summed E-state index contributed by atoms with van der Waals surface area (Å²) in [4.78, 5) is 23.7. The molecule has 0 atom stereocenters.